The molecule has 50 heavy (non-hydrogen) atoms. The molecule has 3 aliphatic carbocycles. The maximum Gasteiger partial charge on any atom is 0.410 e. The molecule has 15 heteroatoms. The Morgan fingerprint density at radius 2 is 1.86 bits per heavy atom. The van der Waals surface area contributed by atoms with E-state index in [1.165, 1.54) is 15.9 Å². The highest BCUT2D eigenvalue weighted by molar-refractivity contribution is 7.91. The number of hydrogen-bond donors (Lipinski definition) is 3. The van der Waals surface area contributed by atoms with Crippen LogP contribution in [0.25, 0.3) is 0 Å². The van der Waals surface area contributed by atoms with Gasteiger partial charge in [0.25, 0.3) is 5.91 Å². The smallest absolute Gasteiger partial charge is 0.410 e. The summed E-state index contributed by atoms with van der Waals surface area (Å²) >= 11 is 0. The van der Waals surface area contributed by atoms with Crippen LogP contribution in [0, 0.1) is 17.7 Å². The van der Waals surface area contributed by atoms with Crippen LogP contribution in [0.2, 0.25) is 0 Å². The van der Waals surface area contributed by atoms with E-state index >= 15 is 0 Å². The van der Waals surface area contributed by atoms with Gasteiger partial charge in [-0.1, -0.05) is 37.1 Å². The van der Waals surface area contributed by atoms with Gasteiger partial charge in [0.2, 0.25) is 21.8 Å². The normalized spacial score (nSPS) is 31.2. The molecular formula is C35H43FN4O9S. The van der Waals surface area contributed by atoms with Crippen LogP contribution in [0.5, 0.6) is 0 Å². The standard InChI is InChI=1S/C35H43FN4O9S/c36-27-10-6-8-22-18-39(20-26(22)27)33(45)49-24-16-28-30(42)37-35(32(44)38-50(47,48)25-11-12-25)17-23(35)9-5-3-1-2-4-7-21(31(43)40(28)19-24)15-29(41)34(46)13-14-34/h5-6,8-10,21,23-25,28,46H,1-4,7,11-20H2,(H,37,42)(H,38,44)/b9-5-/t21-,23-,24-,28+,35-/m1/s1. The number of amides is 4. The van der Waals surface area contributed by atoms with E-state index in [4.69, 9.17) is 4.74 Å². The van der Waals surface area contributed by atoms with Crippen LogP contribution in [0.15, 0.2) is 30.4 Å². The van der Waals surface area contributed by atoms with E-state index in [1.807, 2.05) is 12.2 Å². The molecule has 4 fully saturated rings. The van der Waals surface area contributed by atoms with Gasteiger partial charge in [-0.3, -0.25) is 28.8 Å². The molecular weight excluding hydrogens is 671 g/mol. The van der Waals surface area contributed by atoms with Crippen molar-refractivity contribution in [2.24, 2.45) is 11.8 Å². The maximum atomic E-state index is 14.4. The lowest BCUT2D eigenvalue weighted by Gasteiger charge is -2.29. The van der Waals surface area contributed by atoms with E-state index in [2.05, 4.69) is 10.0 Å². The van der Waals surface area contributed by atoms with Crippen LogP contribution in [-0.4, -0.2) is 88.0 Å². The minimum atomic E-state index is -3.91. The van der Waals surface area contributed by atoms with Crippen molar-refractivity contribution in [3.63, 3.8) is 0 Å². The first-order valence-electron chi connectivity index (χ1n) is 17.6. The van der Waals surface area contributed by atoms with Crippen molar-refractivity contribution in [1.82, 2.24) is 19.8 Å². The zero-order valence-electron chi connectivity index (χ0n) is 27.8. The number of ether oxygens (including phenoxy) is 1. The number of nitrogens with one attached hydrogen (secondary N) is 2. The Morgan fingerprint density at radius 3 is 2.58 bits per heavy atom. The summed E-state index contributed by atoms with van der Waals surface area (Å²) in [4.78, 5) is 71.0. The summed E-state index contributed by atoms with van der Waals surface area (Å²) in [6.45, 7) is -0.0243. The predicted octanol–water partition coefficient (Wildman–Crippen LogP) is 2.35. The molecule has 7 rings (SSSR count). The van der Waals surface area contributed by atoms with E-state index in [0.29, 0.717) is 56.1 Å². The van der Waals surface area contributed by atoms with Gasteiger partial charge < -0.3 is 20.1 Å². The van der Waals surface area contributed by atoms with Crippen LogP contribution >= 0.6 is 0 Å². The summed E-state index contributed by atoms with van der Waals surface area (Å²) in [6.07, 6.45) is 6.66. The van der Waals surface area contributed by atoms with Gasteiger partial charge in [0, 0.05) is 36.8 Å². The van der Waals surface area contributed by atoms with Gasteiger partial charge in [0.1, 0.15) is 29.1 Å². The summed E-state index contributed by atoms with van der Waals surface area (Å²) in [6, 6.07) is 3.41. The second kappa shape index (κ2) is 13.0. The topological polar surface area (TPSA) is 179 Å². The second-order valence-corrected chi connectivity index (χ2v) is 16.8. The number of benzene rings is 1. The Kier molecular flexibility index (Phi) is 9.02. The average Bonchev–Trinajstić information content (AvgIpc) is 4.03. The van der Waals surface area contributed by atoms with Gasteiger partial charge in [-0.05, 0) is 63.0 Å². The number of allylic oxidation sites excluding steroid dienone is 1. The van der Waals surface area contributed by atoms with Crippen molar-refractivity contribution >= 4 is 39.6 Å². The minimum Gasteiger partial charge on any atom is -0.444 e. The number of rotatable bonds is 7. The van der Waals surface area contributed by atoms with E-state index in [-0.39, 0.29) is 38.9 Å². The fraction of sp³-hybridized carbons (Fsp3) is 0.629. The number of halogens is 1. The van der Waals surface area contributed by atoms with Crippen molar-refractivity contribution in [2.45, 2.75) is 119 Å². The van der Waals surface area contributed by atoms with E-state index in [0.717, 1.165) is 12.8 Å². The third kappa shape index (κ3) is 6.90. The quantitative estimate of drug-likeness (QED) is 0.358. The van der Waals surface area contributed by atoms with Crippen molar-refractivity contribution < 1.29 is 46.6 Å². The van der Waals surface area contributed by atoms with Gasteiger partial charge in [-0.2, -0.15) is 0 Å². The molecule has 270 valence electrons. The van der Waals surface area contributed by atoms with Crippen molar-refractivity contribution in [3.05, 3.63) is 47.3 Å². The molecule has 0 bridgehead atoms. The molecule has 1 aromatic rings. The fourth-order valence-electron chi connectivity index (χ4n) is 7.52. The van der Waals surface area contributed by atoms with Gasteiger partial charge in [-0.15, -0.1) is 0 Å². The maximum absolute atomic E-state index is 14.4. The Hall–Kier alpha value is -3.85. The molecule has 0 aromatic heterocycles. The Labute approximate surface area is 290 Å². The molecule has 1 aromatic carbocycles. The van der Waals surface area contributed by atoms with Gasteiger partial charge >= 0.3 is 6.09 Å². The van der Waals surface area contributed by atoms with Crippen LogP contribution in [0.4, 0.5) is 9.18 Å². The molecule has 6 aliphatic rings. The lowest BCUT2D eigenvalue weighted by atomic mass is 9.91. The Balaban J connectivity index is 1.13. The van der Waals surface area contributed by atoms with E-state index in [1.54, 1.807) is 12.1 Å². The number of hydrogen-bond acceptors (Lipinski definition) is 9. The number of nitrogens with zero attached hydrogens (tertiary/aromatic N) is 2. The van der Waals surface area contributed by atoms with Gasteiger partial charge in [0.05, 0.1) is 18.3 Å². The Bertz CT molecular complexity index is 1740. The zero-order chi connectivity index (χ0) is 35.4. The molecule has 4 amide bonds. The largest absolute Gasteiger partial charge is 0.444 e. The first-order chi connectivity index (χ1) is 23.8. The van der Waals surface area contributed by atoms with Gasteiger partial charge in [0.15, 0.2) is 5.78 Å². The number of ketones is 1. The minimum absolute atomic E-state index is 0.00349. The van der Waals surface area contributed by atoms with Gasteiger partial charge in [-0.25, -0.2) is 17.6 Å². The summed E-state index contributed by atoms with van der Waals surface area (Å²) in [5, 5.41) is 12.6. The third-order valence-electron chi connectivity index (χ3n) is 11.1. The summed E-state index contributed by atoms with van der Waals surface area (Å²) in [5.41, 5.74) is -1.94. The lowest BCUT2D eigenvalue weighted by molar-refractivity contribution is -0.145. The average molecular weight is 715 g/mol. The molecule has 3 aliphatic heterocycles. The monoisotopic (exact) mass is 714 g/mol. The number of carbonyl (C=O) groups is 5. The number of aliphatic hydroxyl groups is 1. The first-order valence-corrected chi connectivity index (χ1v) is 19.2. The molecule has 13 nitrogen and oxygen atoms in total. The first kappa shape index (κ1) is 34.6. The zero-order valence-corrected chi connectivity index (χ0v) is 28.6. The number of carbonyl (C=O) groups excluding carboxylic acids is 5. The molecule has 5 atom stereocenters. The lowest BCUT2D eigenvalue weighted by Crippen LogP contribution is -2.57. The van der Waals surface area contributed by atoms with E-state index in [9.17, 15) is 41.9 Å². The number of fused-ring (bicyclic) bond motifs is 3. The third-order valence-corrected chi connectivity index (χ3v) is 12.9. The fourth-order valence-corrected chi connectivity index (χ4v) is 8.88. The molecule has 1 saturated heterocycles. The molecule has 0 spiro atoms. The second-order valence-electron chi connectivity index (χ2n) is 14.9. The highest BCUT2D eigenvalue weighted by Crippen LogP contribution is 2.46. The SMILES string of the molecule is O=C1N[C@]2(C(=O)NS(=O)(=O)C3CC3)C[C@H]2/C=C\CCCCC[C@H](CC(=O)C2(O)CC2)C(=O)N2C[C@H](OC(=O)N3Cc4cccc(F)c4C3)C[C@@H]12. The highest BCUT2D eigenvalue weighted by Gasteiger charge is 2.62. The van der Waals surface area contributed by atoms with E-state index < -0.39 is 85.8 Å². The van der Waals surface area contributed by atoms with Crippen LogP contribution in [0.1, 0.15) is 88.2 Å². The molecule has 0 radical (unpaired) electrons. The molecule has 3 N–H and O–H groups in total. The molecule has 0 unspecified atom stereocenters. The molecule has 3 heterocycles. The summed E-state index contributed by atoms with van der Waals surface area (Å²) in [7, 11) is -3.91. The van der Waals surface area contributed by atoms with Crippen molar-refractivity contribution in [2.75, 3.05) is 6.54 Å². The van der Waals surface area contributed by atoms with Crippen LogP contribution < -0.4 is 10.0 Å². The number of sulfonamides is 1. The van der Waals surface area contributed by atoms with Crippen molar-refractivity contribution in [1.29, 1.82) is 0 Å². The van der Waals surface area contributed by atoms with Crippen LogP contribution in [-0.2, 0) is 47.0 Å². The summed E-state index contributed by atoms with van der Waals surface area (Å²) < 4.78 is 47.8. The highest BCUT2D eigenvalue weighted by atomic mass is 32.2. The predicted molar refractivity (Wildman–Crippen MR) is 175 cm³/mol. The molecule has 3 saturated carbocycles. The Morgan fingerprint density at radius 1 is 1.08 bits per heavy atom. The van der Waals surface area contributed by atoms with Crippen molar-refractivity contribution in [3.8, 4) is 0 Å². The van der Waals surface area contributed by atoms with Crippen LogP contribution in [0.3, 0.4) is 0 Å². The number of Topliss-reactive ketones (excluding diaryl/α,β-unsaturated/α-hetero) is 1. The summed E-state index contributed by atoms with van der Waals surface area (Å²) in [5.74, 6) is -4.18.